The summed E-state index contributed by atoms with van der Waals surface area (Å²) < 4.78 is 10.9. The Hall–Kier alpha value is -4.66. The Morgan fingerprint density at radius 2 is 1.37 bits per heavy atom. The lowest BCUT2D eigenvalue weighted by Gasteiger charge is -2.27. The Kier molecular flexibility index (Phi) is 15.5. The summed E-state index contributed by atoms with van der Waals surface area (Å²) in [6, 6.07) is 15.9. The number of hydrogen-bond acceptors (Lipinski definition) is 6. The molecule has 9 nitrogen and oxygen atoms in total. The highest BCUT2D eigenvalue weighted by Gasteiger charge is 2.31. The van der Waals surface area contributed by atoms with Gasteiger partial charge in [-0.2, -0.15) is 0 Å². The number of amides is 3. The molecule has 3 amide bonds. The summed E-state index contributed by atoms with van der Waals surface area (Å²) in [4.78, 5) is 53.4. The summed E-state index contributed by atoms with van der Waals surface area (Å²) in [7, 11) is 0. The Balaban J connectivity index is 2.27. The van der Waals surface area contributed by atoms with Crippen molar-refractivity contribution in [1.29, 1.82) is 0 Å². The van der Waals surface area contributed by atoms with Gasteiger partial charge in [0.2, 0.25) is 11.8 Å². The maximum atomic E-state index is 13.7. The molecule has 46 heavy (non-hydrogen) atoms. The third-order valence-electron chi connectivity index (χ3n) is 6.77. The number of rotatable bonds is 17. The van der Waals surface area contributed by atoms with E-state index in [0.717, 1.165) is 11.1 Å². The number of carbonyl (C=O) groups excluding carboxylic acids is 4. The van der Waals surface area contributed by atoms with Gasteiger partial charge in [-0.25, -0.2) is 9.59 Å². The molecule has 0 radical (unpaired) electrons. The molecule has 9 heteroatoms. The molecule has 0 aliphatic rings. The van der Waals surface area contributed by atoms with Crippen LogP contribution in [0.5, 0.6) is 0 Å². The van der Waals surface area contributed by atoms with E-state index in [1.165, 1.54) is 0 Å². The van der Waals surface area contributed by atoms with Crippen molar-refractivity contribution in [2.24, 2.45) is 5.92 Å². The highest BCUT2D eigenvalue weighted by molar-refractivity contribution is 5.93. The van der Waals surface area contributed by atoms with Gasteiger partial charge < -0.3 is 25.4 Å². The minimum Gasteiger partial charge on any atom is -0.459 e. The van der Waals surface area contributed by atoms with E-state index in [-0.39, 0.29) is 25.4 Å². The number of aryl methyl sites for hydroxylation is 1. The van der Waals surface area contributed by atoms with Crippen LogP contribution in [0.15, 0.2) is 97.6 Å². The molecule has 2 aromatic rings. The van der Waals surface area contributed by atoms with Crippen LogP contribution in [0, 0.1) is 5.92 Å². The lowest BCUT2D eigenvalue weighted by atomic mass is 10.00. The Labute approximate surface area is 273 Å². The van der Waals surface area contributed by atoms with Crippen molar-refractivity contribution in [3.8, 4) is 0 Å². The third-order valence-corrected chi connectivity index (χ3v) is 6.77. The molecule has 2 aromatic carbocycles. The first kappa shape index (κ1) is 37.5. The molecule has 3 atom stereocenters. The number of carbonyl (C=O) groups is 4. The fraction of sp³-hybridized carbons (Fsp3) is 0.405. The first-order valence-corrected chi connectivity index (χ1v) is 15.6. The Bertz CT molecular complexity index is 1330. The van der Waals surface area contributed by atoms with E-state index in [1.807, 2.05) is 74.5 Å². The van der Waals surface area contributed by atoms with E-state index in [2.05, 4.69) is 29.1 Å². The van der Waals surface area contributed by atoms with Crippen molar-refractivity contribution in [3.63, 3.8) is 0 Å². The summed E-state index contributed by atoms with van der Waals surface area (Å²) in [6.45, 7) is 16.4. The number of alkyl carbamates (subject to hydrolysis) is 1. The number of allylic oxidation sites excluding steroid dienone is 2. The van der Waals surface area contributed by atoms with Gasteiger partial charge in [-0.3, -0.25) is 9.59 Å². The zero-order valence-electron chi connectivity index (χ0n) is 27.7. The van der Waals surface area contributed by atoms with Gasteiger partial charge in [0.15, 0.2) is 0 Å². The Morgan fingerprint density at radius 1 is 0.804 bits per heavy atom. The van der Waals surface area contributed by atoms with Crippen molar-refractivity contribution in [2.45, 2.75) is 84.0 Å². The molecule has 248 valence electrons. The minimum atomic E-state index is -1.02. The third kappa shape index (κ3) is 14.4. The minimum absolute atomic E-state index is 0.0244. The molecule has 0 heterocycles. The molecule has 0 aromatic heterocycles. The van der Waals surface area contributed by atoms with E-state index >= 15 is 0 Å². The second-order valence-corrected chi connectivity index (χ2v) is 12.5. The molecule has 0 fully saturated rings. The van der Waals surface area contributed by atoms with Gasteiger partial charge in [0.25, 0.3) is 0 Å². The van der Waals surface area contributed by atoms with Crippen molar-refractivity contribution < 1.29 is 28.7 Å². The molecule has 2 rings (SSSR count). The molecule has 0 saturated heterocycles. The molecule has 0 bridgehead atoms. The van der Waals surface area contributed by atoms with Crippen LogP contribution in [-0.2, 0) is 36.7 Å². The average Bonchev–Trinajstić information content (AvgIpc) is 3.00. The molecule has 0 spiro atoms. The fourth-order valence-corrected chi connectivity index (χ4v) is 4.55. The predicted octanol–water partition coefficient (Wildman–Crippen LogP) is 5.61. The molecule has 0 saturated carbocycles. The summed E-state index contributed by atoms with van der Waals surface area (Å²) in [5, 5.41) is 8.32. The quantitative estimate of drug-likeness (QED) is 0.154. The summed E-state index contributed by atoms with van der Waals surface area (Å²) in [6.07, 6.45) is 5.34. The predicted molar refractivity (Wildman–Crippen MR) is 181 cm³/mol. The zero-order chi connectivity index (χ0) is 34.1. The smallest absolute Gasteiger partial charge is 0.408 e. The summed E-state index contributed by atoms with van der Waals surface area (Å²) >= 11 is 0. The molecular formula is C37H49N3O6. The standard InChI is InChI=1S/C37H49N3O6/c1-8-16-27(9-2)25-45-35(43)32(24-29-19-14-11-15-20-29)39-34(42)31(23-26(3)4)38-33(41)30(40-36(44)46-37(5,6)7)22-21-28-17-12-10-13-18-28/h8-20,26,30-32H,1-2,21-25H2,3-7H3,(H,38,41)(H,39,42)(H,40,44)/b27-16+/t30-,31?,32-/m0/s1. The molecule has 0 aliphatic carbocycles. The molecule has 1 unspecified atom stereocenters. The van der Waals surface area contributed by atoms with Crippen LogP contribution in [0.25, 0.3) is 0 Å². The Morgan fingerprint density at radius 3 is 1.91 bits per heavy atom. The normalized spacial score (nSPS) is 13.5. The van der Waals surface area contributed by atoms with Crippen LogP contribution in [-0.4, -0.2) is 54.2 Å². The van der Waals surface area contributed by atoms with E-state index in [0.29, 0.717) is 18.4 Å². The molecule has 0 aliphatic heterocycles. The van der Waals surface area contributed by atoms with Crippen LogP contribution in [0.3, 0.4) is 0 Å². The van der Waals surface area contributed by atoms with Gasteiger partial charge in [-0.05, 0) is 62.7 Å². The van der Waals surface area contributed by atoms with Gasteiger partial charge >= 0.3 is 12.1 Å². The van der Waals surface area contributed by atoms with Crippen LogP contribution < -0.4 is 16.0 Å². The maximum absolute atomic E-state index is 13.7. The van der Waals surface area contributed by atoms with Crippen molar-refractivity contribution in [2.75, 3.05) is 6.61 Å². The number of esters is 1. The van der Waals surface area contributed by atoms with E-state index < -0.39 is 47.6 Å². The van der Waals surface area contributed by atoms with Crippen molar-refractivity contribution >= 4 is 23.9 Å². The second kappa shape index (κ2) is 19.0. The van der Waals surface area contributed by atoms with Gasteiger partial charge in [-0.15, -0.1) is 0 Å². The van der Waals surface area contributed by atoms with Crippen molar-refractivity contribution in [3.05, 3.63) is 109 Å². The first-order chi connectivity index (χ1) is 21.8. The van der Waals surface area contributed by atoms with Gasteiger partial charge in [0.05, 0.1) is 0 Å². The van der Waals surface area contributed by atoms with E-state index in [9.17, 15) is 19.2 Å². The maximum Gasteiger partial charge on any atom is 0.408 e. The fourth-order valence-electron chi connectivity index (χ4n) is 4.55. The summed E-state index contributed by atoms with van der Waals surface area (Å²) in [5.41, 5.74) is 1.70. The number of nitrogens with one attached hydrogen (secondary N) is 3. The largest absolute Gasteiger partial charge is 0.459 e. The van der Waals surface area contributed by atoms with Crippen LogP contribution >= 0.6 is 0 Å². The highest BCUT2D eigenvalue weighted by atomic mass is 16.6. The monoisotopic (exact) mass is 631 g/mol. The number of benzene rings is 2. The highest BCUT2D eigenvalue weighted by Crippen LogP contribution is 2.13. The number of hydrogen-bond donors (Lipinski definition) is 3. The number of ether oxygens (including phenoxy) is 2. The lowest BCUT2D eigenvalue weighted by Crippen LogP contribution is -2.56. The van der Waals surface area contributed by atoms with E-state index in [1.54, 1.807) is 39.0 Å². The van der Waals surface area contributed by atoms with E-state index in [4.69, 9.17) is 9.47 Å². The molecule has 3 N–H and O–H groups in total. The van der Waals surface area contributed by atoms with Gasteiger partial charge in [0, 0.05) is 6.42 Å². The van der Waals surface area contributed by atoms with Crippen LogP contribution in [0.1, 0.15) is 58.6 Å². The van der Waals surface area contributed by atoms with Crippen LogP contribution in [0.2, 0.25) is 0 Å². The average molecular weight is 632 g/mol. The van der Waals surface area contributed by atoms with Gasteiger partial charge in [0.1, 0.15) is 30.3 Å². The molecular weight excluding hydrogens is 582 g/mol. The lowest BCUT2D eigenvalue weighted by molar-refractivity contribution is -0.147. The van der Waals surface area contributed by atoms with Crippen molar-refractivity contribution in [1.82, 2.24) is 16.0 Å². The van der Waals surface area contributed by atoms with Crippen LogP contribution in [0.4, 0.5) is 4.79 Å². The first-order valence-electron chi connectivity index (χ1n) is 15.6. The van der Waals surface area contributed by atoms with Gasteiger partial charge in [-0.1, -0.05) is 106 Å². The topological polar surface area (TPSA) is 123 Å². The summed E-state index contributed by atoms with van der Waals surface area (Å²) in [5.74, 6) is -1.67. The second-order valence-electron chi connectivity index (χ2n) is 12.5. The zero-order valence-corrected chi connectivity index (χ0v) is 27.7. The SMILES string of the molecule is C=C/C=C(\C=C)COC(=O)[C@H](Cc1ccccc1)NC(=O)C(CC(C)C)NC(=O)[C@H](CCc1ccccc1)NC(=O)OC(C)(C)C.